The van der Waals surface area contributed by atoms with E-state index in [1.807, 2.05) is 30.3 Å². The van der Waals surface area contributed by atoms with E-state index in [-0.39, 0.29) is 11.9 Å². The fraction of sp³-hybridized carbons (Fsp3) is 0.0909. The normalized spacial score (nSPS) is 10.1. The summed E-state index contributed by atoms with van der Waals surface area (Å²) in [6.45, 7) is 0.304. The number of carbonyl (C=O) groups excluding carboxylic acids is 2. The lowest BCUT2D eigenvalue weighted by atomic mass is 10.1. The Labute approximate surface area is 174 Å². The molecule has 0 aromatic heterocycles. The largest absolute Gasteiger partial charge is 0.388 e. The van der Waals surface area contributed by atoms with Crippen LogP contribution in [0.4, 0.5) is 21.9 Å². The molecule has 0 bridgehead atoms. The summed E-state index contributed by atoms with van der Waals surface area (Å²) >= 11 is 6.18. The van der Waals surface area contributed by atoms with E-state index in [1.165, 1.54) is 0 Å². The molecule has 0 fully saturated rings. The van der Waals surface area contributed by atoms with E-state index in [9.17, 15) is 9.59 Å². The van der Waals surface area contributed by atoms with Crippen LogP contribution in [0, 0.1) is 0 Å². The molecule has 0 atom stereocenters. The molecule has 0 unspecified atom stereocenters. The molecule has 3 aromatic rings. The van der Waals surface area contributed by atoms with Crippen LogP contribution in [0.1, 0.15) is 15.9 Å². The molecule has 29 heavy (non-hydrogen) atoms. The Morgan fingerprint density at radius 2 is 1.55 bits per heavy atom. The summed E-state index contributed by atoms with van der Waals surface area (Å²) < 4.78 is 0. The van der Waals surface area contributed by atoms with E-state index < -0.39 is 0 Å². The number of amides is 3. The van der Waals surface area contributed by atoms with Gasteiger partial charge in [0.05, 0.1) is 10.6 Å². The molecule has 148 valence electrons. The van der Waals surface area contributed by atoms with Crippen molar-refractivity contribution < 1.29 is 9.59 Å². The van der Waals surface area contributed by atoms with Gasteiger partial charge in [0.25, 0.3) is 5.91 Å². The molecule has 4 N–H and O–H groups in total. The van der Waals surface area contributed by atoms with Crippen molar-refractivity contribution in [3.8, 4) is 0 Å². The van der Waals surface area contributed by atoms with Crippen LogP contribution in [-0.4, -0.2) is 19.0 Å². The van der Waals surface area contributed by atoms with Gasteiger partial charge in [-0.05, 0) is 48.0 Å². The highest BCUT2D eigenvalue weighted by Crippen LogP contribution is 2.21. The number of para-hydroxylation sites is 1. The molecule has 3 amide bonds. The Balaban J connectivity index is 1.58. The number of urea groups is 1. The molecule has 3 aromatic carbocycles. The number of nitrogens with one attached hydrogen (secondary N) is 4. The van der Waals surface area contributed by atoms with Gasteiger partial charge in [0, 0.05) is 30.7 Å². The van der Waals surface area contributed by atoms with Crippen molar-refractivity contribution in [2.45, 2.75) is 6.54 Å². The van der Waals surface area contributed by atoms with Crippen LogP contribution in [0.25, 0.3) is 0 Å². The summed E-state index contributed by atoms with van der Waals surface area (Å²) in [5.74, 6) is -0.266. The highest BCUT2D eigenvalue weighted by molar-refractivity contribution is 6.34. The minimum atomic E-state index is -0.339. The Morgan fingerprint density at radius 1 is 0.828 bits per heavy atom. The maximum atomic E-state index is 12.4. The van der Waals surface area contributed by atoms with E-state index in [0.717, 1.165) is 11.3 Å². The molecule has 0 aliphatic carbocycles. The number of rotatable bonds is 6. The minimum absolute atomic E-state index is 0.266. The van der Waals surface area contributed by atoms with Gasteiger partial charge in [0.2, 0.25) is 0 Å². The molecule has 7 heteroatoms. The van der Waals surface area contributed by atoms with Gasteiger partial charge in [0.15, 0.2) is 0 Å². The summed E-state index contributed by atoms with van der Waals surface area (Å²) in [5.41, 5.74) is 3.41. The first-order valence-electron chi connectivity index (χ1n) is 9.02. The van der Waals surface area contributed by atoms with Gasteiger partial charge in [-0.1, -0.05) is 41.9 Å². The van der Waals surface area contributed by atoms with Gasteiger partial charge in [-0.15, -0.1) is 0 Å². The molecule has 0 heterocycles. The van der Waals surface area contributed by atoms with Crippen LogP contribution in [0.5, 0.6) is 0 Å². The smallest absolute Gasteiger partial charge is 0.323 e. The van der Waals surface area contributed by atoms with Gasteiger partial charge in [-0.3, -0.25) is 4.79 Å². The van der Waals surface area contributed by atoms with Crippen LogP contribution in [0.15, 0.2) is 72.8 Å². The van der Waals surface area contributed by atoms with Crippen molar-refractivity contribution in [1.82, 2.24) is 5.32 Å². The average Bonchev–Trinajstić information content (AvgIpc) is 2.72. The fourth-order valence-electron chi connectivity index (χ4n) is 2.71. The third-order valence-corrected chi connectivity index (χ3v) is 4.48. The standard InChI is InChI=1S/C22H21ClN4O2/c1-24-17-10-11-19(20(23)13-17)21(28)25-14-15-6-5-9-18(12-15)27-22(29)26-16-7-3-2-4-8-16/h2-13,24H,14H2,1H3,(H,25,28)(H2,26,27,29). The molecule has 0 aliphatic heterocycles. The van der Waals surface area contributed by atoms with E-state index in [2.05, 4.69) is 21.3 Å². The predicted molar refractivity (Wildman–Crippen MR) is 118 cm³/mol. The quantitative estimate of drug-likeness (QED) is 0.465. The summed E-state index contributed by atoms with van der Waals surface area (Å²) in [6.07, 6.45) is 0. The van der Waals surface area contributed by atoms with Crippen molar-refractivity contribution >= 4 is 40.6 Å². The van der Waals surface area contributed by atoms with Gasteiger partial charge >= 0.3 is 6.03 Å². The van der Waals surface area contributed by atoms with Crippen LogP contribution in [-0.2, 0) is 6.54 Å². The summed E-state index contributed by atoms with van der Waals surface area (Å²) in [7, 11) is 1.78. The summed E-state index contributed by atoms with van der Waals surface area (Å²) in [6, 6.07) is 21.3. The fourth-order valence-corrected chi connectivity index (χ4v) is 2.97. The topological polar surface area (TPSA) is 82.3 Å². The van der Waals surface area contributed by atoms with Gasteiger partial charge < -0.3 is 21.3 Å². The molecule has 0 saturated carbocycles. The van der Waals surface area contributed by atoms with Gasteiger partial charge in [-0.25, -0.2) is 4.79 Å². The van der Waals surface area contributed by atoms with Crippen molar-refractivity contribution in [3.63, 3.8) is 0 Å². The SMILES string of the molecule is CNc1ccc(C(=O)NCc2cccc(NC(=O)Nc3ccccc3)c2)c(Cl)c1. The van der Waals surface area contributed by atoms with E-state index in [4.69, 9.17) is 11.6 Å². The molecule has 6 nitrogen and oxygen atoms in total. The summed E-state index contributed by atoms with van der Waals surface area (Å²) in [4.78, 5) is 24.5. The molecule has 0 aliphatic rings. The highest BCUT2D eigenvalue weighted by Gasteiger charge is 2.11. The van der Waals surface area contributed by atoms with Crippen LogP contribution in [0.2, 0.25) is 5.02 Å². The third kappa shape index (κ3) is 5.73. The second-order valence-electron chi connectivity index (χ2n) is 6.27. The molecule has 0 saturated heterocycles. The number of anilines is 3. The molecule has 0 radical (unpaired) electrons. The first kappa shape index (κ1) is 20.2. The highest BCUT2D eigenvalue weighted by atomic mass is 35.5. The van der Waals surface area contributed by atoms with Crippen LogP contribution < -0.4 is 21.3 Å². The zero-order chi connectivity index (χ0) is 20.6. The molecular weight excluding hydrogens is 388 g/mol. The molecule has 0 spiro atoms. The van der Waals surface area contributed by atoms with E-state index >= 15 is 0 Å². The second-order valence-corrected chi connectivity index (χ2v) is 6.68. The summed E-state index contributed by atoms with van der Waals surface area (Å²) in [5, 5.41) is 11.7. The van der Waals surface area contributed by atoms with Gasteiger partial charge in [0.1, 0.15) is 0 Å². The monoisotopic (exact) mass is 408 g/mol. The average molecular weight is 409 g/mol. The van der Waals surface area contributed by atoms with Crippen LogP contribution >= 0.6 is 11.6 Å². The van der Waals surface area contributed by atoms with E-state index in [0.29, 0.717) is 28.5 Å². The number of halogens is 1. The number of hydrogen-bond acceptors (Lipinski definition) is 3. The third-order valence-electron chi connectivity index (χ3n) is 4.17. The lowest BCUT2D eigenvalue weighted by molar-refractivity contribution is 0.0951. The van der Waals surface area contributed by atoms with Gasteiger partial charge in [-0.2, -0.15) is 0 Å². The first-order chi connectivity index (χ1) is 14.0. The lowest BCUT2D eigenvalue weighted by Crippen LogP contribution is -2.23. The Kier molecular flexibility index (Phi) is 6.71. The first-order valence-corrected chi connectivity index (χ1v) is 9.40. The lowest BCUT2D eigenvalue weighted by Gasteiger charge is -2.11. The predicted octanol–water partition coefficient (Wildman–Crippen LogP) is 4.96. The molecular formula is C22H21ClN4O2. The maximum absolute atomic E-state index is 12.4. The van der Waals surface area contributed by atoms with E-state index in [1.54, 1.807) is 49.5 Å². The maximum Gasteiger partial charge on any atom is 0.323 e. The zero-order valence-corrected chi connectivity index (χ0v) is 16.6. The Morgan fingerprint density at radius 3 is 2.28 bits per heavy atom. The van der Waals surface area contributed by atoms with Crippen molar-refractivity contribution in [3.05, 3.63) is 88.9 Å². The zero-order valence-electron chi connectivity index (χ0n) is 15.8. The number of benzene rings is 3. The van der Waals surface area contributed by atoms with Crippen LogP contribution in [0.3, 0.4) is 0 Å². The Hall–Kier alpha value is -3.51. The number of carbonyl (C=O) groups is 2. The Bertz CT molecular complexity index is 1010. The molecule has 3 rings (SSSR count). The van der Waals surface area contributed by atoms with Crippen molar-refractivity contribution in [2.75, 3.05) is 23.0 Å². The van der Waals surface area contributed by atoms with Crippen molar-refractivity contribution in [2.24, 2.45) is 0 Å². The second kappa shape index (κ2) is 9.61. The number of hydrogen-bond donors (Lipinski definition) is 4. The minimum Gasteiger partial charge on any atom is -0.388 e. The van der Waals surface area contributed by atoms with Crippen molar-refractivity contribution in [1.29, 1.82) is 0 Å².